The Bertz CT molecular complexity index is 1730. The van der Waals surface area contributed by atoms with Gasteiger partial charge in [0, 0.05) is 37.7 Å². The van der Waals surface area contributed by atoms with Crippen molar-refractivity contribution >= 4 is 28.1 Å². The van der Waals surface area contributed by atoms with Crippen LogP contribution in [0.5, 0.6) is 0 Å². The van der Waals surface area contributed by atoms with Crippen LogP contribution in [0.3, 0.4) is 0 Å². The number of cyclic esters (lactones) is 1. The number of aliphatic hydroxyl groups excluding tert-OH is 2. The zero-order chi connectivity index (χ0) is 54.9. The minimum Gasteiger partial charge on any atom is -0.459 e. The number of hydrogen-bond donors (Lipinski definition) is 5. The average Bonchev–Trinajstić information content (AvgIpc) is 3.30. The number of nitrogens with zero attached hydrogens (tertiary/aromatic N) is 1. The molecule has 0 aromatic carbocycles. The Kier molecular flexibility index (Phi) is 27.7. The van der Waals surface area contributed by atoms with Crippen LogP contribution in [0.25, 0.3) is 0 Å². The van der Waals surface area contributed by atoms with Crippen LogP contribution in [0.2, 0.25) is 0 Å². The lowest BCUT2D eigenvalue weighted by atomic mass is 9.74. The lowest BCUT2D eigenvalue weighted by Gasteiger charge is -2.49. The van der Waals surface area contributed by atoms with Crippen molar-refractivity contribution in [3.05, 3.63) is 0 Å². The van der Waals surface area contributed by atoms with Gasteiger partial charge in [-0.05, 0) is 81.3 Å². The van der Waals surface area contributed by atoms with Gasteiger partial charge in [-0.25, -0.2) is 4.18 Å². The van der Waals surface area contributed by atoms with Crippen molar-refractivity contribution in [2.45, 2.75) is 264 Å². The Morgan fingerprint density at radius 2 is 1.36 bits per heavy atom. The van der Waals surface area contributed by atoms with Gasteiger partial charge in [-0.2, -0.15) is 8.42 Å². The molecule has 0 aromatic rings. The predicted molar refractivity (Wildman–Crippen MR) is 270 cm³/mol. The fraction of sp³-hybridized carbons (Fsp3) is 0.942. The van der Waals surface area contributed by atoms with Crippen LogP contribution in [0.15, 0.2) is 0 Å². The van der Waals surface area contributed by atoms with Crippen molar-refractivity contribution in [1.29, 1.82) is 0 Å². The van der Waals surface area contributed by atoms with Crippen molar-refractivity contribution < 1.29 is 85.1 Å². The van der Waals surface area contributed by atoms with Crippen LogP contribution >= 0.6 is 0 Å². The number of unbranched alkanes of at least 4 members (excludes halogenated alkanes) is 9. The molecular weight excluding hydrogens is 959 g/mol. The second kappa shape index (κ2) is 30.1. The zero-order valence-electron chi connectivity index (χ0n) is 46.4. The Balaban J connectivity index is 0.000000887. The van der Waals surface area contributed by atoms with E-state index >= 15 is 0 Å². The van der Waals surface area contributed by atoms with Crippen molar-refractivity contribution in [3.8, 4) is 0 Å². The number of methoxy groups -OCH3 is 1. The van der Waals surface area contributed by atoms with E-state index in [0.29, 0.717) is 12.8 Å². The molecule has 3 saturated heterocycles. The smallest absolute Gasteiger partial charge is 0.397 e. The maximum Gasteiger partial charge on any atom is 0.397 e. The molecule has 0 radical (unpaired) electrons. The first kappa shape index (κ1) is 66.2. The van der Waals surface area contributed by atoms with Gasteiger partial charge in [-0.1, -0.05) is 99.3 Å². The summed E-state index contributed by atoms with van der Waals surface area (Å²) in [5.74, 6) is -5.59. The summed E-state index contributed by atoms with van der Waals surface area (Å²) in [5, 5.41) is 46.6. The third-order valence-electron chi connectivity index (χ3n) is 15.1. The van der Waals surface area contributed by atoms with Gasteiger partial charge in [0.2, 0.25) is 0 Å². The molecular formula is C52H97NO18S. The van der Waals surface area contributed by atoms with Crippen LogP contribution in [0, 0.1) is 23.7 Å². The number of hydrogen-bond acceptors (Lipinski definition) is 18. The molecule has 20 heteroatoms. The van der Waals surface area contributed by atoms with E-state index in [1.54, 1.807) is 48.5 Å². The molecule has 3 heterocycles. The maximum absolute atomic E-state index is 14.2. The van der Waals surface area contributed by atoms with Crippen LogP contribution in [0.1, 0.15) is 179 Å². The second-order valence-electron chi connectivity index (χ2n) is 21.7. The number of aliphatic hydroxyl groups is 4. The molecule has 3 rings (SSSR count). The zero-order valence-corrected chi connectivity index (χ0v) is 47.2. The van der Waals surface area contributed by atoms with Crippen molar-refractivity contribution in [1.82, 2.24) is 4.90 Å². The summed E-state index contributed by atoms with van der Waals surface area (Å²) in [6, 6.07) is -0.319. The van der Waals surface area contributed by atoms with E-state index in [1.165, 1.54) is 72.8 Å². The van der Waals surface area contributed by atoms with Gasteiger partial charge in [-0.15, -0.1) is 0 Å². The highest BCUT2D eigenvalue weighted by atomic mass is 32.3. The first-order chi connectivity index (χ1) is 33.4. The molecule has 0 aliphatic carbocycles. The highest BCUT2D eigenvalue weighted by Crippen LogP contribution is 2.41. The lowest BCUT2D eigenvalue weighted by Crippen LogP contribution is -2.61. The Labute approximate surface area is 432 Å². The first-order valence-electron chi connectivity index (χ1n) is 26.6. The number of rotatable bonds is 21. The molecule has 3 fully saturated rings. The minimum atomic E-state index is -4.23. The summed E-state index contributed by atoms with van der Waals surface area (Å²) in [6.45, 7) is 20.3. The van der Waals surface area contributed by atoms with E-state index in [2.05, 4.69) is 11.1 Å². The molecule has 19 nitrogen and oxygen atoms in total. The van der Waals surface area contributed by atoms with Gasteiger partial charge in [0.05, 0.1) is 60.3 Å². The van der Waals surface area contributed by atoms with Gasteiger partial charge in [0.15, 0.2) is 18.7 Å². The Morgan fingerprint density at radius 3 is 1.88 bits per heavy atom. The molecule has 72 heavy (non-hydrogen) atoms. The largest absolute Gasteiger partial charge is 0.459 e. The maximum atomic E-state index is 14.2. The van der Waals surface area contributed by atoms with Crippen molar-refractivity contribution in [2.75, 3.05) is 27.8 Å². The minimum absolute atomic E-state index is 0.0760. The number of carbonyl (C=O) groups excluding carboxylic acids is 3. The van der Waals surface area contributed by atoms with Crippen molar-refractivity contribution in [2.24, 2.45) is 23.7 Å². The summed E-state index contributed by atoms with van der Waals surface area (Å²) in [4.78, 5) is 42.9. The van der Waals surface area contributed by atoms with E-state index in [4.69, 9.17) is 37.7 Å². The fourth-order valence-electron chi connectivity index (χ4n) is 10.5. The SMILES string of the molecule is CCC(=O)O[C@H]1[C@H](O[C@@H]2[C@@H](C)[C@H](O[C@H]3C[C@@](C)(OC)[C@@H](O)[C@H](C)O3)[C@@H](C)C(=O)O[C@H](CC)[C@@](C)(O)[C@H](O)[C@@H](C)C(=O)[C@H](C)C[C@@]2(C)O)O[C@H](C)C[C@@H]1N(C)C.CCCCCCCCCCCCOS(=O)(=O)O. The van der Waals surface area contributed by atoms with Crippen molar-refractivity contribution in [3.63, 3.8) is 0 Å². The number of likely N-dealkylation sites (N-methyl/N-ethyl adjacent to an activating group) is 1. The molecule has 18 atom stereocenters. The van der Waals surface area contributed by atoms with Crippen LogP contribution in [-0.2, 0) is 62.1 Å². The van der Waals surface area contributed by atoms with E-state index in [1.807, 2.05) is 25.9 Å². The molecule has 0 saturated carbocycles. The third kappa shape index (κ3) is 19.6. The van der Waals surface area contributed by atoms with Crippen LogP contribution in [-0.4, -0.2) is 168 Å². The summed E-state index contributed by atoms with van der Waals surface area (Å²) in [7, 11) is 0.973. The molecule has 3 aliphatic heterocycles. The Morgan fingerprint density at radius 1 is 0.792 bits per heavy atom. The Hall–Kier alpha value is -1.92. The number of ketones is 1. The summed E-state index contributed by atoms with van der Waals surface area (Å²) < 4.78 is 76.6. The highest BCUT2D eigenvalue weighted by molar-refractivity contribution is 7.80. The van der Waals surface area contributed by atoms with E-state index in [0.717, 1.165) is 12.8 Å². The summed E-state index contributed by atoms with van der Waals surface area (Å²) in [5.41, 5.74) is -4.92. The molecule has 5 N–H and O–H groups in total. The normalized spacial score (nSPS) is 38.6. The summed E-state index contributed by atoms with van der Waals surface area (Å²) in [6.07, 6.45) is 2.17. The van der Waals surface area contributed by atoms with Gasteiger partial charge in [0.1, 0.15) is 23.6 Å². The van der Waals surface area contributed by atoms with Gasteiger partial charge >= 0.3 is 22.3 Å². The molecule has 0 bridgehead atoms. The fourth-order valence-corrected chi connectivity index (χ4v) is 10.8. The van der Waals surface area contributed by atoms with Gasteiger partial charge in [0.25, 0.3) is 0 Å². The predicted octanol–water partition coefficient (Wildman–Crippen LogP) is 6.47. The molecule has 0 amide bonds. The molecule has 3 aliphatic rings. The topological polar surface area (TPSA) is 264 Å². The van der Waals surface area contributed by atoms with Crippen LogP contribution < -0.4 is 0 Å². The van der Waals surface area contributed by atoms with E-state index in [9.17, 15) is 43.2 Å². The third-order valence-corrected chi connectivity index (χ3v) is 15.5. The van der Waals surface area contributed by atoms with Gasteiger partial charge < -0.3 is 58.5 Å². The molecule has 0 aromatic heterocycles. The number of esters is 2. The number of ether oxygens (including phenoxy) is 7. The number of carbonyl (C=O) groups is 3. The van der Waals surface area contributed by atoms with Gasteiger partial charge in [-0.3, -0.25) is 18.9 Å². The lowest BCUT2D eigenvalue weighted by molar-refractivity contribution is -0.319. The molecule has 424 valence electrons. The highest BCUT2D eigenvalue weighted by Gasteiger charge is 2.54. The first-order valence-corrected chi connectivity index (χ1v) is 28.0. The average molecular weight is 1060 g/mol. The number of Topliss-reactive ketones (excluding diaryl/α,β-unsaturated/α-hetero) is 1. The quantitative estimate of drug-likeness (QED) is 0.0468. The molecule has 0 spiro atoms. The van der Waals surface area contributed by atoms with E-state index in [-0.39, 0.29) is 44.4 Å². The van der Waals surface area contributed by atoms with E-state index < -0.39 is 124 Å². The monoisotopic (exact) mass is 1060 g/mol. The van der Waals surface area contributed by atoms with Crippen LogP contribution in [0.4, 0.5) is 0 Å². The standard InChI is InChI=1S/C40H71NO14.C12H26O4S/c1-15-27-40(11,48)33(44)22(5)30(43)20(3)18-38(9,47)35(55-37-32(53-28(42)16-2)26(41(12)13)17-21(4)50-37)23(6)31(24(7)36(46)52-27)54-29-19-39(10,49-14)34(45)25(8)51-29;1-2-3-4-5-6-7-8-9-10-11-12-16-17(13,14)15/h20-27,29,31-35,37,44-45,47-48H,15-19H2,1-14H3;2-12H2,1H3,(H,13,14,15)/t20-,21-,22+,23+,24-,25+,26+,27-,29+,31+,32-,33-,34+,35-,37+,38-,39-,40-;/m1./s1. The second-order valence-corrected chi connectivity index (χ2v) is 22.8. The molecule has 0 unspecified atom stereocenters. The summed E-state index contributed by atoms with van der Waals surface area (Å²) >= 11 is 0.